The number of carboxylic acids is 1. The number of carbonyl (C=O) groups is 1. The third kappa shape index (κ3) is 3.90. The van der Waals surface area contributed by atoms with Crippen molar-refractivity contribution in [1.29, 1.82) is 0 Å². The number of aromatic nitrogens is 4. The van der Waals surface area contributed by atoms with E-state index in [1.165, 1.54) is 16.3 Å². The molecule has 0 fully saturated rings. The number of hydrogen-bond donors (Lipinski definition) is 2. The zero-order valence-corrected chi connectivity index (χ0v) is 18.1. The second-order valence-electron chi connectivity index (χ2n) is 7.49. The fourth-order valence-corrected chi connectivity index (χ4v) is 4.62. The Morgan fingerprint density at radius 1 is 1.06 bits per heavy atom. The molecule has 0 unspecified atom stereocenters. The number of hydrogen-bond acceptors (Lipinski definition) is 4. The molecule has 0 bridgehead atoms. The van der Waals surface area contributed by atoms with E-state index in [1.807, 2.05) is 30.5 Å². The molecule has 0 saturated heterocycles. The largest absolute Gasteiger partial charge is 0.477 e. The van der Waals surface area contributed by atoms with E-state index in [2.05, 4.69) is 62.2 Å². The first-order valence-electron chi connectivity index (χ1n) is 10.1. The Balaban J connectivity index is 1.57. The summed E-state index contributed by atoms with van der Waals surface area (Å²) >= 11 is 1.03. The molecule has 0 saturated carbocycles. The Morgan fingerprint density at radius 2 is 1.81 bits per heavy atom. The molecule has 6 nitrogen and oxygen atoms in total. The highest BCUT2D eigenvalue weighted by Gasteiger charge is 2.15. The number of nitrogens with one attached hydrogen (secondary N) is 1. The summed E-state index contributed by atoms with van der Waals surface area (Å²) in [4.78, 5) is 16.3. The summed E-state index contributed by atoms with van der Waals surface area (Å²) < 4.78 is 2.17. The molecule has 2 aromatic heterocycles. The Kier molecular flexibility index (Phi) is 5.25. The Bertz CT molecular complexity index is 1480. The summed E-state index contributed by atoms with van der Waals surface area (Å²) in [5.74, 6) is -0.368. The number of para-hydroxylation sites is 1. The smallest absolute Gasteiger partial charge is 0.342 e. The lowest BCUT2D eigenvalue weighted by Crippen LogP contribution is -1.99. The molecule has 0 atom stereocenters. The van der Waals surface area contributed by atoms with Crippen molar-refractivity contribution in [3.63, 3.8) is 0 Å². The average molecular weight is 441 g/mol. The van der Waals surface area contributed by atoms with Crippen molar-refractivity contribution in [1.82, 2.24) is 19.7 Å². The maximum absolute atomic E-state index is 11.9. The molecule has 2 heterocycles. The van der Waals surface area contributed by atoms with Crippen LogP contribution in [0.3, 0.4) is 0 Å². The number of rotatable bonds is 6. The van der Waals surface area contributed by atoms with Crippen LogP contribution in [-0.4, -0.2) is 30.8 Å². The lowest BCUT2D eigenvalue weighted by Gasteiger charge is -2.09. The van der Waals surface area contributed by atoms with Crippen molar-refractivity contribution in [3.8, 4) is 0 Å². The van der Waals surface area contributed by atoms with Gasteiger partial charge < -0.3 is 9.67 Å². The van der Waals surface area contributed by atoms with Gasteiger partial charge in [-0.3, -0.25) is 5.10 Å². The maximum atomic E-state index is 11.9. The summed E-state index contributed by atoms with van der Waals surface area (Å²) in [7, 11) is 0. The van der Waals surface area contributed by atoms with Crippen molar-refractivity contribution >= 4 is 45.5 Å². The fraction of sp³-hybridized carbons (Fsp3) is 0.0800. The number of benzene rings is 3. The van der Waals surface area contributed by atoms with Crippen LogP contribution < -0.4 is 0 Å². The van der Waals surface area contributed by atoms with E-state index < -0.39 is 5.97 Å². The van der Waals surface area contributed by atoms with Gasteiger partial charge in [0.2, 0.25) is 5.16 Å². The summed E-state index contributed by atoms with van der Waals surface area (Å²) in [5.41, 5.74) is 3.11. The summed E-state index contributed by atoms with van der Waals surface area (Å²) in [5, 5.41) is 20.4. The highest BCUT2D eigenvalue weighted by atomic mass is 32.2. The van der Waals surface area contributed by atoms with Gasteiger partial charge in [-0.15, -0.1) is 5.10 Å². The summed E-state index contributed by atoms with van der Waals surface area (Å²) in [6, 6.07) is 22.7. The number of aryl methyl sites for hydroxylation is 1. The van der Waals surface area contributed by atoms with E-state index in [-0.39, 0.29) is 4.91 Å². The van der Waals surface area contributed by atoms with Crippen molar-refractivity contribution in [3.05, 3.63) is 94.8 Å². The summed E-state index contributed by atoms with van der Waals surface area (Å²) in [6.45, 7) is 2.47. The monoisotopic (exact) mass is 440 g/mol. The van der Waals surface area contributed by atoms with Gasteiger partial charge in [-0.1, -0.05) is 60.7 Å². The van der Waals surface area contributed by atoms with E-state index in [0.717, 1.165) is 28.2 Å². The van der Waals surface area contributed by atoms with Gasteiger partial charge in [0.05, 0.1) is 0 Å². The molecule has 0 radical (unpaired) electrons. The number of aliphatic carboxylic acids is 1. The Labute approximate surface area is 188 Å². The topological polar surface area (TPSA) is 83.8 Å². The second kappa shape index (κ2) is 8.36. The van der Waals surface area contributed by atoms with Gasteiger partial charge in [-0.05, 0) is 47.2 Å². The highest BCUT2D eigenvalue weighted by Crippen LogP contribution is 2.30. The second-order valence-corrected chi connectivity index (χ2v) is 8.50. The van der Waals surface area contributed by atoms with Crippen LogP contribution in [0.15, 0.2) is 83.0 Å². The van der Waals surface area contributed by atoms with Crippen molar-refractivity contribution in [2.75, 3.05) is 0 Å². The molecule has 5 aromatic rings. The molecule has 0 spiro atoms. The molecule has 0 aliphatic rings. The SMILES string of the molecule is Cc1nc(S/C(=C\c2cn(Cc3cccc4ccccc34)c3ccccc23)C(=O)O)n[nH]1. The van der Waals surface area contributed by atoms with Gasteiger partial charge in [0, 0.05) is 29.2 Å². The molecule has 2 N–H and O–H groups in total. The molecule has 158 valence electrons. The molecule has 0 aliphatic heterocycles. The number of thioether (sulfide) groups is 1. The highest BCUT2D eigenvalue weighted by molar-refractivity contribution is 8.04. The molecule has 0 aliphatic carbocycles. The molecular formula is C25H20N4O2S. The first-order valence-corrected chi connectivity index (χ1v) is 11.0. The average Bonchev–Trinajstić information content (AvgIpc) is 3.37. The van der Waals surface area contributed by atoms with Gasteiger partial charge in [-0.2, -0.15) is 0 Å². The number of fused-ring (bicyclic) bond motifs is 2. The van der Waals surface area contributed by atoms with E-state index in [4.69, 9.17) is 0 Å². The van der Waals surface area contributed by atoms with Gasteiger partial charge in [0.15, 0.2) is 0 Å². The van der Waals surface area contributed by atoms with E-state index >= 15 is 0 Å². The minimum Gasteiger partial charge on any atom is -0.477 e. The third-order valence-corrected chi connectivity index (χ3v) is 6.19. The first-order chi connectivity index (χ1) is 15.6. The lowest BCUT2D eigenvalue weighted by atomic mass is 10.0. The number of H-pyrrole nitrogens is 1. The molecule has 0 amide bonds. The predicted octanol–water partition coefficient (Wildman–Crippen LogP) is 5.49. The van der Waals surface area contributed by atoms with Crippen LogP contribution >= 0.6 is 11.8 Å². The fourth-order valence-electron chi connectivity index (χ4n) is 3.88. The lowest BCUT2D eigenvalue weighted by molar-refractivity contribution is -0.131. The first kappa shape index (κ1) is 20.1. The minimum atomic E-state index is -1.01. The van der Waals surface area contributed by atoms with Crippen molar-refractivity contribution < 1.29 is 9.90 Å². The molecular weight excluding hydrogens is 420 g/mol. The molecule has 3 aromatic carbocycles. The minimum absolute atomic E-state index is 0.164. The van der Waals surface area contributed by atoms with E-state index in [1.54, 1.807) is 13.0 Å². The van der Waals surface area contributed by atoms with Crippen LogP contribution in [0.25, 0.3) is 27.8 Å². The zero-order chi connectivity index (χ0) is 22.1. The summed E-state index contributed by atoms with van der Waals surface area (Å²) in [6.07, 6.45) is 3.71. The Hall–Kier alpha value is -3.84. The standard InChI is InChI=1S/C25H20N4O2S/c1-16-26-25(28-27-16)32-23(24(30)31)13-19-15-29(22-12-5-4-11-21(19)22)14-18-9-6-8-17-7-2-3-10-20(17)18/h2-13,15H,14H2,1H3,(H,30,31)(H,26,27,28)/b23-13-. The number of nitrogens with zero attached hydrogens (tertiary/aromatic N) is 3. The predicted molar refractivity (Wildman–Crippen MR) is 128 cm³/mol. The molecule has 5 rings (SSSR count). The number of carboxylic acid groups (broad SMARTS) is 1. The zero-order valence-electron chi connectivity index (χ0n) is 17.3. The van der Waals surface area contributed by atoms with Crippen molar-refractivity contribution in [2.24, 2.45) is 0 Å². The van der Waals surface area contributed by atoms with Crippen LogP contribution in [0, 0.1) is 6.92 Å². The van der Waals surface area contributed by atoms with Crippen LogP contribution in [0.2, 0.25) is 0 Å². The Morgan fingerprint density at radius 3 is 2.59 bits per heavy atom. The van der Waals surface area contributed by atoms with Crippen LogP contribution in [0.4, 0.5) is 0 Å². The van der Waals surface area contributed by atoms with Crippen LogP contribution in [-0.2, 0) is 11.3 Å². The molecule has 7 heteroatoms. The van der Waals surface area contributed by atoms with Gasteiger partial charge >= 0.3 is 5.97 Å². The maximum Gasteiger partial charge on any atom is 0.342 e. The molecule has 32 heavy (non-hydrogen) atoms. The normalized spacial score (nSPS) is 12.0. The third-order valence-electron chi connectivity index (χ3n) is 5.32. The van der Waals surface area contributed by atoms with Gasteiger partial charge in [0.25, 0.3) is 0 Å². The van der Waals surface area contributed by atoms with Gasteiger partial charge in [-0.25, -0.2) is 9.78 Å². The number of aromatic amines is 1. The van der Waals surface area contributed by atoms with Gasteiger partial charge in [0.1, 0.15) is 10.7 Å². The van der Waals surface area contributed by atoms with E-state index in [9.17, 15) is 9.90 Å². The van der Waals surface area contributed by atoms with Crippen LogP contribution in [0.5, 0.6) is 0 Å². The van der Waals surface area contributed by atoms with Crippen LogP contribution in [0.1, 0.15) is 17.0 Å². The van der Waals surface area contributed by atoms with E-state index in [0.29, 0.717) is 17.5 Å². The van der Waals surface area contributed by atoms with Crippen molar-refractivity contribution in [2.45, 2.75) is 18.6 Å². The quantitative estimate of drug-likeness (QED) is 0.270.